The molecule has 1 aromatic heterocycles. The van der Waals surface area contributed by atoms with E-state index in [2.05, 4.69) is 15.1 Å². The van der Waals surface area contributed by atoms with Crippen molar-refractivity contribution in [3.8, 4) is 0 Å². The predicted molar refractivity (Wildman–Crippen MR) is 108 cm³/mol. The standard InChI is InChI=1S/C19H21N5O5S/c20-30(27,28)14-3-5-16-13(11-14)7-10-24(16)18(25)12-29-19(26)15-4-6-17(22-21-15)23-8-1-2-9-23/h3-6,11H,1-2,7-10,12H2,(H2,20,27,28). The fourth-order valence-corrected chi connectivity index (χ4v) is 4.21. The summed E-state index contributed by atoms with van der Waals surface area (Å²) in [6.45, 7) is 1.75. The second-order valence-electron chi connectivity index (χ2n) is 7.18. The van der Waals surface area contributed by atoms with Crippen LogP contribution in [0.3, 0.4) is 0 Å². The van der Waals surface area contributed by atoms with E-state index in [1.54, 1.807) is 6.07 Å². The Morgan fingerprint density at radius 2 is 1.83 bits per heavy atom. The van der Waals surface area contributed by atoms with Crippen LogP contribution in [0.4, 0.5) is 11.5 Å². The summed E-state index contributed by atoms with van der Waals surface area (Å²) in [6.07, 6.45) is 2.70. The molecule has 0 radical (unpaired) electrons. The maximum atomic E-state index is 12.5. The van der Waals surface area contributed by atoms with E-state index in [1.165, 1.54) is 29.2 Å². The zero-order valence-electron chi connectivity index (χ0n) is 16.2. The SMILES string of the molecule is NS(=O)(=O)c1ccc2c(c1)CCN2C(=O)COC(=O)c1ccc(N2CCCC2)nn1. The first-order chi connectivity index (χ1) is 14.3. The Balaban J connectivity index is 1.37. The first-order valence-electron chi connectivity index (χ1n) is 9.55. The Morgan fingerprint density at radius 3 is 2.50 bits per heavy atom. The van der Waals surface area contributed by atoms with Crippen molar-refractivity contribution in [2.75, 3.05) is 36.0 Å². The fourth-order valence-electron chi connectivity index (χ4n) is 3.64. The molecule has 4 rings (SSSR count). The number of anilines is 2. The van der Waals surface area contributed by atoms with E-state index in [9.17, 15) is 18.0 Å². The van der Waals surface area contributed by atoms with Gasteiger partial charge in [-0.1, -0.05) is 0 Å². The summed E-state index contributed by atoms with van der Waals surface area (Å²) in [7, 11) is -3.81. The summed E-state index contributed by atoms with van der Waals surface area (Å²) in [5.41, 5.74) is 1.31. The maximum absolute atomic E-state index is 12.5. The highest BCUT2D eigenvalue weighted by Crippen LogP contribution is 2.30. The summed E-state index contributed by atoms with van der Waals surface area (Å²) in [5, 5.41) is 13.1. The molecule has 1 aromatic carbocycles. The molecule has 0 saturated carbocycles. The zero-order valence-corrected chi connectivity index (χ0v) is 17.0. The lowest BCUT2D eigenvalue weighted by Gasteiger charge is -2.17. The number of nitrogens with zero attached hydrogens (tertiary/aromatic N) is 4. The number of esters is 1. The molecule has 2 N–H and O–H groups in total. The van der Waals surface area contributed by atoms with E-state index in [4.69, 9.17) is 9.88 Å². The van der Waals surface area contributed by atoms with E-state index in [0.717, 1.165) is 25.9 Å². The molecular weight excluding hydrogens is 410 g/mol. The van der Waals surface area contributed by atoms with Crippen LogP contribution in [0.5, 0.6) is 0 Å². The third-order valence-electron chi connectivity index (χ3n) is 5.19. The summed E-state index contributed by atoms with van der Waals surface area (Å²) < 4.78 is 28.1. The zero-order chi connectivity index (χ0) is 21.3. The van der Waals surface area contributed by atoms with E-state index >= 15 is 0 Å². The van der Waals surface area contributed by atoms with Gasteiger partial charge in [-0.3, -0.25) is 4.79 Å². The van der Waals surface area contributed by atoms with Crippen molar-refractivity contribution in [1.82, 2.24) is 10.2 Å². The molecule has 1 saturated heterocycles. The summed E-state index contributed by atoms with van der Waals surface area (Å²) in [5.74, 6) is -0.424. The molecule has 10 nitrogen and oxygen atoms in total. The number of sulfonamides is 1. The minimum absolute atomic E-state index is 0.00192. The molecule has 0 unspecified atom stereocenters. The highest BCUT2D eigenvalue weighted by Gasteiger charge is 2.27. The molecule has 0 bridgehead atoms. The van der Waals surface area contributed by atoms with Crippen molar-refractivity contribution in [3.05, 3.63) is 41.6 Å². The Morgan fingerprint density at radius 1 is 1.07 bits per heavy atom. The van der Waals surface area contributed by atoms with Gasteiger partial charge in [-0.2, -0.15) is 0 Å². The fraction of sp³-hybridized carbons (Fsp3) is 0.368. The minimum Gasteiger partial charge on any atom is -0.451 e. The highest BCUT2D eigenvalue weighted by molar-refractivity contribution is 7.89. The summed E-state index contributed by atoms with van der Waals surface area (Å²) in [6, 6.07) is 7.60. The Kier molecular flexibility index (Phi) is 5.39. The van der Waals surface area contributed by atoms with Gasteiger partial charge in [0.15, 0.2) is 18.1 Å². The van der Waals surface area contributed by atoms with Crippen LogP contribution in [0.25, 0.3) is 0 Å². The summed E-state index contributed by atoms with van der Waals surface area (Å²) in [4.78, 5) is 28.3. The second kappa shape index (κ2) is 8.00. The number of nitrogens with two attached hydrogens (primary N) is 1. The lowest BCUT2D eigenvalue weighted by molar-refractivity contribution is -0.121. The van der Waals surface area contributed by atoms with Crippen LogP contribution in [0.15, 0.2) is 35.2 Å². The van der Waals surface area contributed by atoms with Crippen molar-refractivity contribution < 1.29 is 22.7 Å². The maximum Gasteiger partial charge on any atom is 0.359 e. The monoisotopic (exact) mass is 431 g/mol. The van der Waals surface area contributed by atoms with Gasteiger partial charge in [0.25, 0.3) is 5.91 Å². The van der Waals surface area contributed by atoms with Gasteiger partial charge in [0, 0.05) is 25.3 Å². The average molecular weight is 431 g/mol. The van der Waals surface area contributed by atoms with Crippen LogP contribution >= 0.6 is 0 Å². The molecular formula is C19H21N5O5S. The van der Waals surface area contributed by atoms with E-state index < -0.39 is 28.5 Å². The highest BCUT2D eigenvalue weighted by atomic mass is 32.2. The molecule has 1 fully saturated rings. The number of carbonyl (C=O) groups excluding carboxylic acids is 2. The van der Waals surface area contributed by atoms with Crippen LogP contribution in [-0.4, -0.2) is 56.7 Å². The molecule has 2 aromatic rings. The van der Waals surface area contributed by atoms with Crippen molar-refractivity contribution in [2.24, 2.45) is 5.14 Å². The van der Waals surface area contributed by atoms with Crippen molar-refractivity contribution in [1.29, 1.82) is 0 Å². The van der Waals surface area contributed by atoms with Gasteiger partial charge in [-0.25, -0.2) is 18.4 Å². The predicted octanol–water partition coefficient (Wildman–Crippen LogP) is 0.470. The first-order valence-corrected chi connectivity index (χ1v) is 11.1. The number of carbonyl (C=O) groups is 2. The van der Waals surface area contributed by atoms with Gasteiger partial charge in [0.2, 0.25) is 10.0 Å². The van der Waals surface area contributed by atoms with Crippen LogP contribution in [0.2, 0.25) is 0 Å². The Labute approximate surface area is 173 Å². The van der Waals surface area contributed by atoms with Crippen LogP contribution in [-0.2, 0) is 26.0 Å². The van der Waals surface area contributed by atoms with E-state index in [1.807, 2.05) is 0 Å². The Hall–Kier alpha value is -3.05. The number of rotatable bonds is 5. The van der Waals surface area contributed by atoms with Gasteiger partial charge in [0.05, 0.1) is 4.90 Å². The lowest BCUT2D eigenvalue weighted by Crippen LogP contribution is -2.33. The average Bonchev–Trinajstić information content (AvgIpc) is 3.40. The van der Waals surface area contributed by atoms with Crippen LogP contribution in [0.1, 0.15) is 28.9 Å². The number of benzene rings is 1. The molecule has 0 aliphatic carbocycles. The summed E-state index contributed by atoms with van der Waals surface area (Å²) >= 11 is 0. The van der Waals surface area contributed by atoms with E-state index in [-0.39, 0.29) is 10.6 Å². The van der Waals surface area contributed by atoms with Gasteiger partial charge >= 0.3 is 5.97 Å². The smallest absolute Gasteiger partial charge is 0.359 e. The number of ether oxygens (including phenoxy) is 1. The van der Waals surface area contributed by atoms with Crippen molar-refractivity contribution in [2.45, 2.75) is 24.2 Å². The first kappa shape index (κ1) is 20.2. The van der Waals surface area contributed by atoms with Crippen LogP contribution < -0.4 is 14.9 Å². The van der Waals surface area contributed by atoms with E-state index in [0.29, 0.717) is 30.0 Å². The van der Waals surface area contributed by atoms with Gasteiger partial charge in [0.1, 0.15) is 0 Å². The minimum atomic E-state index is -3.81. The molecule has 30 heavy (non-hydrogen) atoms. The molecule has 0 atom stereocenters. The topological polar surface area (TPSA) is 136 Å². The number of fused-ring (bicyclic) bond motifs is 1. The van der Waals surface area contributed by atoms with Crippen molar-refractivity contribution >= 4 is 33.4 Å². The second-order valence-corrected chi connectivity index (χ2v) is 8.74. The molecule has 1 amide bonds. The van der Waals surface area contributed by atoms with Crippen LogP contribution in [0, 0.1) is 0 Å². The number of hydrogen-bond donors (Lipinski definition) is 1. The third kappa shape index (κ3) is 4.12. The van der Waals surface area contributed by atoms with Crippen molar-refractivity contribution in [3.63, 3.8) is 0 Å². The Bertz CT molecular complexity index is 1080. The number of aromatic nitrogens is 2. The van der Waals surface area contributed by atoms with Gasteiger partial charge in [-0.05, 0) is 55.2 Å². The van der Waals surface area contributed by atoms with Gasteiger partial charge in [-0.15, -0.1) is 10.2 Å². The number of amides is 1. The number of hydrogen-bond acceptors (Lipinski definition) is 8. The largest absolute Gasteiger partial charge is 0.451 e. The lowest BCUT2D eigenvalue weighted by atomic mass is 10.2. The molecule has 0 spiro atoms. The number of primary sulfonamides is 1. The molecule has 11 heteroatoms. The van der Waals surface area contributed by atoms with Gasteiger partial charge < -0.3 is 14.5 Å². The molecule has 158 valence electrons. The normalized spacial score (nSPS) is 15.9. The quantitative estimate of drug-likeness (QED) is 0.675. The molecule has 3 heterocycles. The molecule has 2 aliphatic heterocycles. The third-order valence-corrected chi connectivity index (χ3v) is 6.10. The molecule has 2 aliphatic rings.